The third-order valence-corrected chi connectivity index (χ3v) is 7.35. The fourth-order valence-electron chi connectivity index (χ4n) is 4.88. The van der Waals surface area contributed by atoms with E-state index in [2.05, 4.69) is 50.8 Å². The number of amidine groups is 1. The van der Waals surface area contributed by atoms with Crippen molar-refractivity contribution in [3.8, 4) is 0 Å². The summed E-state index contributed by atoms with van der Waals surface area (Å²) in [6, 6.07) is 16.5. The summed E-state index contributed by atoms with van der Waals surface area (Å²) in [6.45, 7) is 12.9. The molecule has 2 heterocycles. The maximum Gasteiger partial charge on any atom is 0.266 e. The van der Waals surface area contributed by atoms with Crippen LogP contribution in [0, 0.1) is 0 Å². The first-order valence-corrected chi connectivity index (χ1v) is 12.4. The van der Waals surface area contributed by atoms with Gasteiger partial charge in [-0.1, -0.05) is 38.1 Å². The zero-order valence-electron chi connectivity index (χ0n) is 19.8. The third kappa shape index (κ3) is 4.36. The van der Waals surface area contributed by atoms with Crippen molar-refractivity contribution in [2.75, 3.05) is 18.0 Å². The normalized spacial score (nSPS) is 22.7. The molecule has 0 bridgehead atoms. The molecular formula is C27H33N3OS. The van der Waals surface area contributed by atoms with E-state index in [1.807, 2.05) is 43.3 Å². The number of anilines is 1. The zero-order chi connectivity index (χ0) is 22.9. The lowest BCUT2D eigenvalue weighted by molar-refractivity contribution is -0.122. The zero-order valence-corrected chi connectivity index (χ0v) is 20.6. The first-order chi connectivity index (χ1) is 15.3. The molecule has 1 saturated heterocycles. The van der Waals surface area contributed by atoms with Gasteiger partial charge in [0.2, 0.25) is 0 Å². The van der Waals surface area contributed by atoms with Crippen LogP contribution in [0.5, 0.6) is 0 Å². The molecule has 1 unspecified atom stereocenters. The molecule has 4 rings (SSSR count). The quantitative estimate of drug-likeness (QED) is 0.472. The van der Waals surface area contributed by atoms with E-state index in [1.54, 1.807) is 4.90 Å². The summed E-state index contributed by atoms with van der Waals surface area (Å²) >= 11 is 1.46. The number of carbonyl (C=O) groups excluding carboxylic acids is 1. The molecular weight excluding hydrogens is 414 g/mol. The number of nitrogens with zero attached hydrogens (tertiary/aromatic N) is 3. The van der Waals surface area contributed by atoms with Crippen LogP contribution in [0.1, 0.15) is 64.5 Å². The van der Waals surface area contributed by atoms with Crippen molar-refractivity contribution in [1.82, 2.24) is 4.90 Å². The van der Waals surface area contributed by atoms with Crippen molar-refractivity contribution in [1.29, 1.82) is 0 Å². The Bertz CT molecular complexity index is 1060. The Kier molecular flexibility index (Phi) is 6.47. The third-order valence-electron chi connectivity index (χ3n) is 6.34. The van der Waals surface area contributed by atoms with Crippen LogP contribution in [0.15, 0.2) is 58.4 Å². The molecule has 32 heavy (non-hydrogen) atoms. The molecule has 2 aliphatic heterocycles. The van der Waals surface area contributed by atoms with Gasteiger partial charge in [0.25, 0.3) is 5.91 Å². The monoisotopic (exact) mass is 447 g/mol. The predicted molar refractivity (Wildman–Crippen MR) is 138 cm³/mol. The molecule has 0 saturated carbocycles. The second-order valence-electron chi connectivity index (χ2n) is 9.28. The van der Waals surface area contributed by atoms with Gasteiger partial charge in [-0.15, -0.1) is 0 Å². The summed E-state index contributed by atoms with van der Waals surface area (Å²) in [4.78, 5) is 22.8. The second-order valence-corrected chi connectivity index (χ2v) is 10.3. The largest absolute Gasteiger partial charge is 0.366 e. The number of fused-ring (bicyclic) bond motifs is 1. The summed E-state index contributed by atoms with van der Waals surface area (Å²) in [7, 11) is 0. The van der Waals surface area contributed by atoms with Crippen LogP contribution >= 0.6 is 11.8 Å². The van der Waals surface area contributed by atoms with Crippen LogP contribution in [-0.2, 0) is 4.79 Å². The molecule has 1 atom stereocenters. The van der Waals surface area contributed by atoms with Gasteiger partial charge in [0.05, 0.1) is 10.6 Å². The maximum atomic E-state index is 13.1. The molecule has 1 fully saturated rings. The van der Waals surface area contributed by atoms with E-state index in [9.17, 15) is 4.79 Å². The van der Waals surface area contributed by atoms with Gasteiger partial charge in [-0.2, -0.15) is 0 Å². The Morgan fingerprint density at radius 3 is 2.59 bits per heavy atom. The van der Waals surface area contributed by atoms with Crippen molar-refractivity contribution in [3.63, 3.8) is 0 Å². The number of hydrogen-bond acceptors (Lipinski definition) is 4. The molecule has 2 aliphatic rings. The van der Waals surface area contributed by atoms with Crippen LogP contribution in [0.25, 0.3) is 6.08 Å². The van der Waals surface area contributed by atoms with E-state index >= 15 is 0 Å². The Morgan fingerprint density at radius 1 is 1.16 bits per heavy atom. The van der Waals surface area contributed by atoms with Gasteiger partial charge in [0, 0.05) is 24.3 Å². The number of likely N-dealkylation sites (N-methyl/N-ethyl adjacent to an activating group) is 1. The fraction of sp³-hybridized carbons (Fsp3) is 0.407. The topological polar surface area (TPSA) is 35.9 Å². The summed E-state index contributed by atoms with van der Waals surface area (Å²) < 4.78 is 0. The van der Waals surface area contributed by atoms with E-state index in [4.69, 9.17) is 4.99 Å². The number of amides is 1. The fourth-order valence-corrected chi connectivity index (χ4v) is 5.94. The first-order valence-electron chi connectivity index (χ1n) is 11.6. The molecule has 168 valence electrons. The number of rotatable bonds is 5. The highest BCUT2D eigenvalue weighted by molar-refractivity contribution is 8.18. The maximum absolute atomic E-state index is 13.1. The minimum absolute atomic E-state index is 0.0340. The highest BCUT2D eigenvalue weighted by atomic mass is 32.2. The average Bonchev–Trinajstić information content (AvgIpc) is 3.05. The number of carbonyl (C=O) groups is 1. The number of hydrogen-bond donors (Lipinski definition) is 0. The summed E-state index contributed by atoms with van der Waals surface area (Å²) in [5.74, 6) is 0.521. The Hall–Kier alpha value is -2.53. The van der Waals surface area contributed by atoms with Crippen molar-refractivity contribution in [2.24, 2.45) is 4.99 Å². The Labute approximate surface area is 196 Å². The lowest BCUT2D eigenvalue weighted by Crippen LogP contribution is -2.48. The van der Waals surface area contributed by atoms with Gasteiger partial charge in [0.15, 0.2) is 5.17 Å². The van der Waals surface area contributed by atoms with Crippen molar-refractivity contribution in [2.45, 2.75) is 58.9 Å². The van der Waals surface area contributed by atoms with Crippen molar-refractivity contribution in [3.05, 3.63) is 64.6 Å². The average molecular weight is 448 g/mol. The summed E-state index contributed by atoms with van der Waals surface area (Å²) in [6.07, 6.45) is 4.29. The van der Waals surface area contributed by atoms with Gasteiger partial charge < -0.3 is 4.90 Å². The molecule has 0 N–H and O–H groups in total. The molecule has 0 aromatic heterocycles. The van der Waals surface area contributed by atoms with E-state index in [-0.39, 0.29) is 11.4 Å². The van der Waals surface area contributed by atoms with Gasteiger partial charge in [-0.3, -0.25) is 9.69 Å². The first kappa shape index (κ1) is 22.7. The smallest absolute Gasteiger partial charge is 0.266 e. The molecule has 2 aromatic rings. The number of para-hydroxylation sites is 1. The standard InChI is InChI=1S/C27H33N3OS/c1-6-15-30-23-14-13-20(16-22(23)19(3)18-27(30,4)5)17-24-25(31)29(7-2)26(32-24)28-21-11-9-8-10-12-21/h8-14,16-17,19H,6-7,15,18H2,1-5H3/b24-17+,28-26?. The van der Waals surface area contributed by atoms with E-state index in [0.717, 1.165) is 40.7 Å². The molecule has 0 radical (unpaired) electrons. The van der Waals surface area contributed by atoms with Crippen LogP contribution in [0.2, 0.25) is 0 Å². The van der Waals surface area contributed by atoms with Gasteiger partial charge in [0.1, 0.15) is 0 Å². The molecule has 2 aromatic carbocycles. The van der Waals surface area contributed by atoms with E-state index in [1.165, 1.54) is 23.0 Å². The van der Waals surface area contributed by atoms with Crippen LogP contribution in [-0.4, -0.2) is 34.6 Å². The number of thioether (sulfide) groups is 1. The SMILES string of the molecule is CCCN1c2ccc(/C=C3/SC(=Nc4ccccc4)N(CC)C3=O)cc2C(C)CC1(C)C. The van der Waals surface area contributed by atoms with Gasteiger partial charge >= 0.3 is 0 Å². The number of benzene rings is 2. The molecule has 0 spiro atoms. The van der Waals surface area contributed by atoms with Crippen molar-refractivity contribution < 1.29 is 4.79 Å². The van der Waals surface area contributed by atoms with E-state index in [0.29, 0.717) is 12.5 Å². The van der Waals surface area contributed by atoms with Gasteiger partial charge in [-0.25, -0.2) is 4.99 Å². The lowest BCUT2D eigenvalue weighted by Gasteiger charge is -2.47. The predicted octanol–water partition coefficient (Wildman–Crippen LogP) is 6.81. The Morgan fingerprint density at radius 2 is 1.91 bits per heavy atom. The highest BCUT2D eigenvalue weighted by Gasteiger charge is 2.36. The molecule has 1 amide bonds. The van der Waals surface area contributed by atoms with Gasteiger partial charge in [-0.05, 0) is 92.8 Å². The molecule has 4 nitrogen and oxygen atoms in total. The molecule has 0 aliphatic carbocycles. The summed E-state index contributed by atoms with van der Waals surface area (Å²) in [5.41, 5.74) is 4.82. The minimum atomic E-state index is 0.0340. The second kappa shape index (κ2) is 9.14. The highest BCUT2D eigenvalue weighted by Crippen LogP contribution is 2.44. The number of aliphatic imine (C=N–C) groups is 1. The lowest BCUT2D eigenvalue weighted by atomic mass is 9.79. The molecule has 5 heteroatoms. The van der Waals surface area contributed by atoms with Crippen molar-refractivity contribution >= 4 is 40.3 Å². The van der Waals surface area contributed by atoms with Crippen LogP contribution < -0.4 is 4.90 Å². The summed E-state index contributed by atoms with van der Waals surface area (Å²) in [5, 5.41) is 0.747. The van der Waals surface area contributed by atoms with E-state index < -0.39 is 0 Å². The van der Waals surface area contributed by atoms with Crippen LogP contribution in [0.3, 0.4) is 0 Å². The minimum Gasteiger partial charge on any atom is -0.366 e. The van der Waals surface area contributed by atoms with Crippen LogP contribution in [0.4, 0.5) is 11.4 Å². The Balaban J connectivity index is 1.67.